The summed E-state index contributed by atoms with van der Waals surface area (Å²) in [6, 6.07) is 13.0. The molecular weight excluding hydrogens is 350 g/mol. The first-order valence-electron chi connectivity index (χ1n) is 8.62. The number of hydrogen-bond donors (Lipinski definition) is 2. The van der Waals surface area contributed by atoms with Gasteiger partial charge in [0.2, 0.25) is 5.91 Å². The molecule has 0 bridgehead atoms. The molecule has 0 saturated carbocycles. The van der Waals surface area contributed by atoms with Crippen LogP contribution in [0.2, 0.25) is 5.02 Å². The molecule has 0 saturated heterocycles. The third-order valence-corrected chi connectivity index (χ3v) is 5.07. The highest BCUT2D eigenvalue weighted by atomic mass is 35.5. The van der Waals surface area contributed by atoms with Crippen LogP contribution in [-0.2, 0) is 16.8 Å². The van der Waals surface area contributed by atoms with Crippen LogP contribution in [0, 0.1) is 0 Å². The molecule has 0 aromatic heterocycles. The van der Waals surface area contributed by atoms with Crippen molar-refractivity contribution in [3.63, 3.8) is 0 Å². The molecule has 0 aliphatic heterocycles. The van der Waals surface area contributed by atoms with Crippen LogP contribution >= 0.6 is 11.6 Å². The first kappa shape index (κ1) is 18.5. The van der Waals surface area contributed by atoms with Crippen LogP contribution in [0.4, 0.5) is 0 Å². The number of nitrogens with one attached hydrogen (secondary N) is 1. The molecule has 4 nitrogen and oxygen atoms in total. The minimum Gasteiger partial charge on any atom is -0.497 e. The minimum atomic E-state index is -1.06. The molecule has 2 aromatic carbocycles. The summed E-state index contributed by atoms with van der Waals surface area (Å²) in [7, 11) is 1.63. The van der Waals surface area contributed by atoms with Gasteiger partial charge in [-0.3, -0.25) is 4.79 Å². The number of carbonyl (C=O) groups is 1. The first-order chi connectivity index (χ1) is 12.5. The maximum atomic E-state index is 12.2. The lowest BCUT2D eigenvalue weighted by Gasteiger charge is -2.34. The van der Waals surface area contributed by atoms with Crippen LogP contribution in [0.1, 0.15) is 29.5 Å². The summed E-state index contributed by atoms with van der Waals surface area (Å²) in [5, 5.41) is 14.5. The molecule has 0 heterocycles. The number of aryl methyl sites for hydroxylation is 1. The number of hydrogen-bond acceptors (Lipinski definition) is 3. The number of carbonyl (C=O) groups excluding carboxylic acids is 1. The molecular formula is C21H22ClNO3. The highest BCUT2D eigenvalue weighted by Crippen LogP contribution is 2.36. The molecule has 1 unspecified atom stereocenters. The fourth-order valence-electron chi connectivity index (χ4n) is 3.32. The fourth-order valence-corrected chi connectivity index (χ4v) is 3.51. The third kappa shape index (κ3) is 4.09. The van der Waals surface area contributed by atoms with Gasteiger partial charge in [0.1, 0.15) is 11.4 Å². The van der Waals surface area contributed by atoms with Gasteiger partial charge in [-0.05, 0) is 60.2 Å². The Labute approximate surface area is 158 Å². The second-order valence-electron chi connectivity index (χ2n) is 6.48. The van der Waals surface area contributed by atoms with Gasteiger partial charge in [-0.2, -0.15) is 0 Å². The average Bonchev–Trinajstić information content (AvgIpc) is 2.65. The number of aliphatic hydroxyl groups is 1. The summed E-state index contributed by atoms with van der Waals surface area (Å²) >= 11 is 6.08. The van der Waals surface area contributed by atoms with Gasteiger partial charge in [0, 0.05) is 11.1 Å². The van der Waals surface area contributed by atoms with Gasteiger partial charge < -0.3 is 15.2 Å². The summed E-state index contributed by atoms with van der Waals surface area (Å²) in [4.78, 5) is 12.2. The van der Waals surface area contributed by atoms with Crippen molar-refractivity contribution in [3.8, 4) is 5.75 Å². The zero-order chi connectivity index (χ0) is 18.6. The number of halogens is 1. The molecule has 26 heavy (non-hydrogen) atoms. The van der Waals surface area contributed by atoms with Crippen molar-refractivity contribution in [2.45, 2.75) is 24.9 Å². The van der Waals surface area contributed by atoms with E-state index in [4.69, 9.17) is 16.3 Å². The van der Waals surface area contributed by atoms with E-state index < -0.39 is 5.60 Å². The summed E-state index contributed by atoms with van der Waals surface area (Å²) in [6.07, 6.45) is 5.47. The van der Waals surface area contributed by atoms with Gasteiger partial charge in [-0.25, -0.2) is 0 Å². The normalized spacial score (nSPS) is 19.2. The smallest absolute Gasteiger partial charge is 0.244 e. The Morgan fingerprint density at radius 1 is 1.35 bits per heavy atom. The van der Waals surface area contributed by atoms with Crippen LogP contribution in [-0.4, -0.2) is 24.7 Å². The van der Waals surface area contributed by atoms with E-state index in [0.717, 1.165) is 35.3 Å². The van der Waals surface area contributed by atoms with Crippen molar-refractivity contribution in [1.82, 2.24) is 5.32 Å². The van der Waals surface area contributed by atoms with Gasteiger partial charge >= 0.3 is 0 Å². The van der Waals surface area contributed by atoms with Crippen LogP contribution in [0.15, 0.2) is 48.5 Å². The van der Waals surface area contributed by atoms with Crippen LogP contribution in [0.5, 0.6) is 5.75 Å². The zero-order valence-corrected chi connectivity index (χ0v) is 15.4. The van der Waals surface area contributed by atoms with Gasteiger partial charge in [0.25, 0.3) is 0 Å². The maximum Gasteiger partial charge on any atom is 0.244 e. The largest absolute Gasteiger partial charge is 0.497 e. The predicted molar refractivity (Wildman–Crippen MR) is 103 cm³/mol. The molecule has 5 heteroatoms. The van der Waals surface area contributed by atoms with Crippen molar-refractivity contribution in [3.05, 3.63) is 70.3 Å². The molecule has 1 atom stereocenters. The lowest BCUT2D eigenvalue weighted by atomic mass is 9.79. The zero-order valence-electron chi connectivity index (χ0n) is 14.7. The fraction of sp³-hybridized carbons (Fsp3) is 0.286. The van der Waals surface area contributed by atoms with E-state index >= 15 is 0 Å². The topological polar surface area (TPSA) is 58.6 Å². The van der Waals surface area contributed by atoms with Gasteiger partial charge in [-0.1, -0.05) is 35.9 Å². The Hall–Kier alpha value is -2.30. The number of methoxy groups -OCH3 is 1. The average molecular weight is 372 g/mol. The molecule has 2 N–H and O–H groups in total. The highest BCUT2D eigenvalue weighted by Gasteiger charge is 2.34. The van der Waals surface area contributed by atoms with Crippen LogP contribution < -0.4 is 10.1 Å². The number of ether oxygens (including phenoxy) is 1. The molecule has 3 rings (SSSR count). The molecule has 2 aromatic rings. The van der Waals surface area contributed by atoms with E-state index in [2.05, 4.69) is 5.32 Å². The Morgan fingerprint density at radius 2 is 2.15 bits per heavy atom. The van der Waals surface area contributed by atoms with E-state index in [1.165, 1.54) is 6.08 Å². The molecule has 0 spiro atoms. The minimum absolute atomic E-state index is 0.165. The highest BCUT2D eigenvalue weighted by molar-refractivity contribution is 6.32. The van der Waals surface area contributed by atoms with Crippen molar-refractivity contribution >= 4 is 23.6 Å². The van der Waals surface area contributed by atoms with Crippen molar-refractivity contribution < 1.29 is 14.6 Å². The van der Waals surface area contributed by atoms with Gasteiger partial charge in [-0.15, -0.1) is 0 Å². The summed E-state index contributed by atoms with van der Waals surface area (Å²) in [5.41, 5.74) is 1.64. The van der Waals surface area contributed by atoms with E-state index in [-0.39, 0.29) is 12.5 Å². The van der Waals surface area contributed by atoms with E-state index in [0.29, 0.717) is 11.4 Å². The second kappa shape index (κ2) is 7.94. The first-order valence-corrected chi connectivity index (χ1v) is 9.00. The lowest BCUT2D eigenvalue weighted by molar-refractivity contribution is -0.118. The predicted octanol–water partition coefficient (Wildman–Crippen LogP) is 3.70. The summed E-state index contributed by atoms with van der Waals surface area (Å²) in [6.45, 7) is 0.165. The second-order valence-corrected chi connectivity index (χ2v) is 6.89. The Morgan fingerprint density at radius 3 is 2.92 bits per heavy atom. The molecule has 0 fully saturated rings. The molecule has 136 valence electrons. The van der Waals surface area contributed by atoms with Gasteiger partial charge in [0.15, 0.2) is 0 Å². The van der Waals surface area contributed by atoms with Crippen LogP contribution in [0.3, 0.4) is 0 Å². The van der Waals surface area contributed by atoms with E-state index in [9.17, 15) is 9.90 Å². The van der Waals surface area contributed by atoms with E-state index in [1.54, 1.807) is 19.3 Å². The van der Waals surface area contributed by atoms with E-state index in [1.807, 2.05) is 36.4 Å². The van der Waals surface area contributed by atoms with Crippen molar-refractivity contribution in [1.29, 1.82) is 0 Å². The lowest BCUT2D eigenvalue weighted by Crippen LogP contribution is -2.42. The third-order valence-electron chi connectivity index (χ3n) is 4.72. The molecule has 1 amide bonds. The maximum absolute atomic E-state index is 12.2. The quantitative estimate of drug-likeness (QED) is 0.788. The monoisotopic (exact) mass is 371 g/mol. The number of amides is 1. The molecule has 1 aliphatic carbocycles. The standard InChI is InChI=1S/C21H22ClNO3/c1-26-17-9-10-18-16(13-17)6-4-12-21(18,25)14-23-20(24)11-8-15-5-2-3-7-19(15)22/h2-3,5,7-11,13,25H,4,6,12,14H2,1H3,(H,23,24)/b11-8+. The number of fused-ring (bicyclic) bond motifs is 1. The Kier molecular flexibility index (Phi) is 5.64. The SMILES string of the molecule is COc1ccc2c(c1)CCCC2(O)CNC(=O)/C=C/c1ccccc1Cl. The van der Waals surface area contributed by atoms with Crippen molar-refractivity contribution in [2.75, 3.05) is 13.7 Å². The van der Waals surface area contributed by atoms with Crippen LogP contribution in [0.25, 0.3) is 6.08 Å². The van der Waals surface area contributed by atoms with Crippen molar-refractivity contribution in [2.24, 2.45) is 0 Å². The number of benzene rings is 2. The summed E-state index contributed by atoms with van der Waals surface area (Å²) in [5.74, 6) is 0.513. The molecule has 1 aliphatic rings. The van der Waals surface area contributed by atoms with Gasteiger partial charge in [0.05, 0.1) is 13.7 Å². The molecule has 0 radical (unpaired) electrons. The number of rotatable bonds is 5. The summed E-state index contributed by atoms with van der Waals surface area (Å²) < 4.78 is 5.26. The Bertz CT molecular complexity index is 834. The Balaban J connectivity index is 1.68.